The molecule has 0 saturated carbocycles. The fourth-order valence-electron chi connectivity index (χ4n) is 3.22. The lowest BCUT2D eigenvalue weighted by Crippen LogP contribution is -2.17. The number of rotatable bonds is 6. The topological polar surface area (TPSA) is 101 Å². The maximum Gasteiger partial charge on any atom is 0.262 e. The highest BCUT2D eigenvalue weighted by atomic mass is 35.5. The Hall–Kier alpha value is -3.75. The maximum atomic E-state index is 13.1. The molecule has 0 aliphatic heterocycles. The minimum Gasteiger partial charge on any atom is -0.355 e. The van der Waals surface area contributed by atoms with Gasteiger partial charge in [-0.2, -0.15) is 0 Å². The van der Waals surface area contributed by atoms with E-state index in [9.17, 15) is 13.2 Å². The Morgan fingerprint density at radius 3 is 2.33 bits per heavy atom. The van der Waals surface area contributed by atoms with Gasteiger partial charge in [0, 0.05) is 36.8 Å². The number of pyridine rings is 2. The highest BCUT2D eigenvalue weighted by Crippen LogP contribution is 2.29. The van der Waals surface area contributed by atoms with Gasteiger partial charge in [-0.25, -0.2) is 13.4 Å². The third kappa shape index (κ3) is 5.02. The van der Waals surface area contributed by atoms with Gasteiger partial charge >= 0.3 is 0 Å². The van der Waals surface area contributed by atoms with Gasteiger partial charge in [-0.1, -0.05) is 54.1 Å². The second-order valence-corrected chi connectivity index (χ2v) is 9.14. The molecule has 0 radical (unpaired) electrons. The number of carbonyl (C=O) groups excluding carboxylic acids is 1. The number of amides is 1. The fourth-order valence-corrected chi connectivity index (χ4v) is 4.53. The van der Waals surface area contributed by atoms with Gasteiger partial charge in [0.2, 0.25) is 0 Å². The van der Waals surface area contributed by atoms with Gasteiger partial charge in [0.15, 0.2) is 5.15 Å². The first kappa shape index (κ1) is 22.4. The molecule has 2 heterocycles. The Bertz CT molecular complexity index is 1430. The molecule has 1 amide bonds. The zero-order valence-corrected chi connectivity index (χ0v) is 19.1. The Morgan fingerprint density at radius 2 is 1.58 bits per heavy atom. The summed E-state index contributed by atoms with van der Waals surface area (Å²) in [4.78, 5) is 20.2. The van der Waals surface area contributed by atoms with E-state index in [0.717, 1.165) is 11.1 Å². The SMILES string of the molecule is CNC(=O)c1cncc(-c2cnc(Cl)c(NS(=O)(=O)c3cccc(-c4ccccc4)c3)c2)c1. The summed E-state index contributed by atoms with van der Waals surface area (Å²) >= 11 is 6.19. The number of aromatic nitrogens is 2. The summed E-state index contributed by atoms with van der Waals surface area (Å²) in [6.07, 6.45) is 4.48. The van der Waals surface area contributed by atoms with Gasteiger partial charge in [0.25, 0.3) is 15.9 Å². The van der Waals surface area contributed by atoms with Gasteiger partial charge in [-0.05, 0) is 35.4 Å². The molecule has 7 nitrogen and oxygen atoms in total. The quantitative estimate of drug-likeness (QED) is 0.393. The summed E-state index contributed by atoms with van der Waals surface area (Å²) < 4.78 is 28.7. The number of hydrogen-bond donors (Lipinski definition) is 2. The molecule has 0 bridgehead atoms. The van der Waals surface area contributed by atoms with Crippen molar-refractivity contribution in [3.63, 3.8) is 0 Å². The highest BCUT2D eigenvalue weighted by molar-refractivity contribution is 7.92. The van der Waals surface area contributed by atoms with Crippen LogP contribution in [0.15, 0.2) is 90.2 Å². The molecule has 0 fully saturated rings. The molecule has 4 rings (SSSR count). The second kappa shape index (κ2) is 9.40. The lowest BCUT2D eigenvalue weighted by molar-refractivity contribution is 0.0962. The van der Waals surface area contributed by atoms with Crippen molar-refractivity contribution in [3.8, 4) is 22.3 Å². The number of anilines is 1. The van der Waals surface area contributed by atoms with Crippen LogP contribution in [0.5, 0.6) is 0 Å². The molecule has 33 heavy (non-hydrogen) atoms. The average Bonchev–Trinajstić information content (AvgIpc) is 2.85. The summed E-state index contributed by atoms with van der Waals surface area (Å²) in [5.41, 5.74) is 3.29. The minimum atomic E-state index is -3.95. The van der Waals surface area contributed by atoms with Crippen LogP contribution in [-0.4, -0.2) is 31.3 Å². The molecule has 9 heteroatoms. The van der Waals surface area contributed by atoms with Gasteiger partial charge in [0.05, 0.1) is 16.1 Å². The first-order chi connectivity index (χ1) is 15.9. The van der Waals surface area contributed by atoms with Crippen molar-refractivity contribution in [3.05, 3.63) is 96.0 Å². The first-order valence-corrected chi connectivity index (χ1v) is 11.7. The first-order valence-electron chi connectivity index (χ1n) is 9.89. The number of nitrogens with zero attached hydrogens (tertiary/aromatic N) is 2. The zero-order chi connectivity index (χ0) is 23.4. The third-order valence-corrected chi connectivity index (χ3v) is 6.56. The van der Waals surface area contributed by atoms with E-state index in [1.165, 1.54) is 25.5 Å². The summed E-state index contributed by atoms with van der Waals surface area (Å²) in [7, 11) is -2.42. The molecular formula is C24H19ClN4O3S. The van der Waals surface area contributed by atoms with Crippen LogP contribution in [0.2, 0.25) is 5.15 Å². The Morgan fingerprint density at radius 1 is 0.848 bits per heavy atom. The van der Waals surface area contributed by atoms with E-state index in [1.54, 1.807) is 30.5 Å². The van der Waals surface area contributed by atoms with Crippen LogP contribution in [-0.2, 0) is 10.0 Å². The zero-order valence-electron chi connectivity index (χ0n) is 17.5. The van der Waals surface area contributed by atoms with Gasteiger partial charge in [0.1, 0.15) is 0 Å². The van der Waals surface area contributed by atoms with E-state index >= 15 is 0 Å². The normalized spacial score (nSPS) is 11.1. The number of carbonyl (C=O) groups is 1. The predicted molar refractivity (Wildman–Crippen MR) is 129 cm³/mol. The molecule has 0 aliphatic carbocycles. The number of benzene rings is 2. The molecule has 0 saturated heterocycles. The molecule has 0 unspecified atom stereocenters. The molecule has 166 valence electrons. The van der Waals surface area contributed by atoms with Gasteiger partial charge in [-0.15, -0.1) is 0 Å². The molecule has 0 aliphatic rings. The average molecular weight is 479 g/mol. The van der Waals surface area contributed by atoms with Crippen LogP contribution >= 0.6 is 11.6 Å². The van der Waals surface area contributed by atoms with E-state index in [-0.39, 0.29) is 21.6 Å². The fraction of sp³-hybridized carbons (Fsp3) is 0.0417. The molecular weight excluding hydrogens is 460 g/mol. The van der Waals surface area contributed by atoms with Crippen molar-refractivity contribution < 1.29 is 13.2 Å². The summed E-state index contributed by atoms with van der Waals surface area (Å²) in [5, 5.41) is 2.54. The summed E-state index contributed by atoms with van der Waals surface area (Å²) in [6, 6.07) is 19.3. The van der Waals surface area contributed by atoms with Crippen molar-refractivity contribution in [1.82, 2.24) is 15.3 Å². The third-order valence-electron chi connectivity index (χ3n) is 4.90. The number of sulfonamides is 1. The van der Waals surface area contributed by atoms with Crippen LogP contribution in [0.3, 0.4) is 0 Å². The summed E-state index contributed by atoms with van der Waals surface area (Å²) in [6.45, 7) is 0. The van der Waals surface area contributed by atoms with E-state index < -0.39 is 10.0 Å². The highest BCUT2D eigenvalue weighted by Gasteiger charge is 2.18. The van der Waals surface area contributed by atoms with E-state index in [1.807, 2.05) is 36.4 Å². The van der Waals surface area contributed by atoms with Crippen molar-refractivity contribution in [1.29, 1.82) is 0 Å². The molecule has 2 N–H and O–H groups in total. The van der Waals surface area contributed by atoms with Gasteiger partial charge < -0.3 is 5.32 Å². The number of halogens is 1. The van der Waals surface area contributed by atoms with Crippen LogP contribution in [0.4, 0.5) is 5.69 Å². The summed E-state index contributed by atoms with van der Waals surface area (Å²) in [5.74, 6) is -0.287. The Kier molecular flexibility index (Phi) is 6.39. The predicted octanol–water partition coefficient (Wildman–Crippen LogP) is 4.62. The van der Waals surface area contributed by atoms with E-state index in [2.05, 4.69) is 20.0 Å². The molecule has 0 spiro atoms. The lowest BCUT2D eigenvalue weighted by Gasteiger charge is -2.12. The Labute approximate surface area is 196 Å². The molecule has 2 aromatic heterocycles. The number of nitrogens with one attached hydrogen (secondary N) is 2. The van der Waals surface area contributed by atoms with E-state index in [4.69, 9.17) is 11.6 Å². The number of hydrogen-bond acceptors (Lipinski definition) is 5. The molecule has 2 aromatic carbocycles. The van der Waals surface area contributed by atoms with Crippen LogP contribution < -0.4 is 10.0 Å². The largest absolute Gasteiger partial charge is 0.355 e. The molecule has 0 atom stereocenters. The van der Waals surface area contributed by atoms with Gasteiger partial charge in [-0.3, -0.25) is 14.5 Å². The smallest absolute Gasteiger partial charge is 0.262 e. The van der Waals surface area contributed by atoms with Crippen molar-refractivity contribution in [2.45, 2.75) is 4.90 Å². The van der Waals surface area contributed by atoms with Crippen LogP contribution in [0.25, 0.3) is 22.3 Å². The second-order valence-electron chi connectivity index (χ2n) is 7.10. The van der Waals surface area contributed by atoms with Crippen molar-refractivity contribution in [2.24, 2.45) is 0 Å². The van der Waals surface area contributed by atoms with Crippen molar-refractivity contribution >= 4 is 33.2 Å². The lowest BCUT2D eigenvalue weighted by atomic mass is 10.1. The Balaban J connectivity index is 1.67. The van der Waals surface area contributed by atoms with E-state index in [0.29, 0.717) is 16.7 Å². The van der Waals surface area contributed by atoms with Crippen LogP contribution in [0, 0.1) is 0 Å². The maximum absolute atomic E-state index is 13.1. The minimum absolute atomic E-state index is 0.00282. The molecule has 4 aromatic rings. The monoisotopic (exact) mass is 478 g/mol. The standard InChI is InChI=1S/C24H19ClN4O3S/c1-26-24(30)20-10-18(13-27-14-20)19-12-22(23(25)28-15-19)29-33(31,32)21-9-5-8-17(11-21)16-6-3-2-4-7-16/h2-15,29H,1H3,(H,26,30). The van der Waals surface area contributed by atoms with Crippen LogP contribution in [0.1, 0.15) is 10.4 Å². The van der Waals surface area contributed by atoms with Crippen molar-refractivity contribution in [2.75, 3.05) is 11.8 Å².